The second-order valence-corrected chi connectivity index (χ2v) is 7.27. The number of amides is 1. The maximum Gasteiger partial charge on any atom is 0.311 e. The van der Waals surface area contributed by atoms with Crippen molar-refractivity contribution >= 4 is 23.4 Å². The van der Waals surface area contributed by atoms with Crippen LogP contribution in [-0.4, -0.2) is 29.7 Å². The van der Waals surface area contributed by atoms with Gasteiger partial charge in [-0.15, -0.1) is 11.8 Å². The summed E-state index contributed by atoms with van der Waals surface area (Å²) in [5, 5.41) is 14.1. The molecule has 1 fully saturated rings. The lowest BCUT2D eigenvalue weighted by Gasteiger charge is -2.26. The Kier molecular flexibility index (Phi) is 6.90. The molecule has 0 atom stereocenters. The maximum atomic E-state index is 12.0. The van der Waals surface area contributed by atoms with E-state index in [4.69, 9.17) is 4.74 Å². The van der Waals surface area contributed by atoms with Crippen LogP contribution in [0.15, 0.2) is 18.2 Å². The van der Waals surface area contributed by atoms with E-state index < -0.39 is 4.92 Å². The normalized spacial score (nSPS) is 20.4. The molecule has 24 heavy (non-hydrogen) atoms. The molecule has 0 heterocycles. The molecule has 7 heteroatoms. The number of nitrogens with zero attached hydrogens (tertiary/aromatic N) is 1. The van der Waals surface area contributed by atoms with E-state index in [2.05, 4.69) is 12.2 Å². The molecule has 1 aliphatic rings. The molecule has 0 saturated heterocycles. The molecule has 1 aliphatic carbocycles. The average Bonchev–Trinajstić information content (AvgIpc) is 2.56. The standard InChI is InChI=1S/C17H24N2O4S/c1-12-3-6-14(7-4-12)18-17(20)11-24-10-13-5-8-16(23-2)15(9-13)19(21)22/h5,8-9,12,14H,3-4,6-7,10-11H2,1-2H3,(H,18,20). The molecule has 1 aromatic carbocycles. The summed E-state index contributed by atoms with van der Waals surface area (Å²) >= 11 is 1.46. The monoisotopic (exact) mass is 352 g/mol. The van der Waals surface area contributed by atoms with Crippen molar-refractivity contribution in [1.82, 2.24) is 5.32 Å². The van der Waals surface area contributed by atoms with Crippen molar-refractivity contribution in [2.45, 2.75) is 44.4 Å². The number of hydrogen-bond acceptors (Lipinski definition) is 5. The predicted molar refractivity (Wildman–Crippen MR) is 95.4 cm³/mol. The van der Waals surface area contributed by atoms with E-state index >= 15 is 0 Å². The fourth-order valence-electron chi connectivity index (χ4n) is 2.90. The first-order valence-corrected chi connectivity index (χ1v) is 9.33. The first-order valence-electron chi connectivity index (χ1n) is 8.18. The summed E-state index contributed by atoms with van der Waals surface area (Å²) in [5.41, 5.74) is 0.767. The first kappa shape index (κ1) is 18.6. The fraction of sp³-hybridized carbons (Fsp3) is 0.588. The number of hydrogen-bond donors (Lipinski definition) is 1. The Morgan fingerprint density at radius 2 is 2.08 bits per heavy atom. The van der Waals surface area contributed by atoms with Crippen LogP contribution < -0.4 is 10.1 Å². The minimum absolute atomic E-state index is 0.0440. The average molecular weight is 352 g/mol. The Balaban J connectivity index is 1.78. The molecule has 0 radical (unpaired) electrons. The molecule has 1 saturated carbocycles. The van der Waals surface area contributed by atoms with Gasteiger partial charge >= 0.3 is 5.69 Å². The lowest BCUT2D eigenvalue weighted by molar-refractivity contribution is -0.385. The Bertz CT molecular complexity index is 586. The van der Waals surface area contributed by atoms with Crippen molar-refractivity contribution in [3.8, 4) is 5.75 Å². The third kappa shape index (κ3) is 5.40. The van der Waals surface area contributed by atoms with Crippen LogP contribution in [0.5, 0.6) is 5.75 Å². The lowest BCUT2D eigenvalue weighted by atomic mass is 9.87. The first-order chi connectivity index (χ1) is 11.5. The molecular weight excluding hydrogens is 328 g/mol. The Morgan fingerprint density at radius 1 is 1.38 bits per heavy atom. The van der Waals surface area contributed by atoms with Gasteiger partial charge in [-0.1, -0.05) is 13.0 Å². The van der Waals surface area contributed by atoms with Crippen LogP contribution in [0.25, 0.3) is 0 Å². The number of nitro benzene ring substituents is 1. The van der Waals surface area contributed by atoms with Gasteiger partial charge in [0.15, 0.2) is 5.75 Å². The van der Waals surface area contributed by atoms with Crippen molar-refractivity contribution in [2.24, 2.45) is 5.92 Å². The summed E-state index contributed by atoms with van der Waals surface area (Å²) in [4.78, 5) is 22.6. The van der Waals surface area contributed by atoms with Gasteiger partial charge in [-0.05, 0) is 43.2 Å². The lowest BCUT2D eigenvalue weighted by Crippen LogP contribution is -2.38. The number of carbonyl (C=O) groups excluding carboxylic acids is 1. The number of rotatable bonds is 7. The molecule has 6 nitrogen and oxygen atoms in total. The fourth-order valence-corrected chi connectivity index (χ4v) is 3.69. The molecule has 0 aliphatic heterocycles. The Hall–Kier alpha value is -1.76. The molecule has 2 rings (SSSR count). The highest BCUT2D eigenvalue weighted by Crippen LogP contribution is 2.29. The topological polar surface area (TPSA) is 81.5 Å². The quantitative estimate of drug-likeness (QED) is 0.600. The van der Waals surface area contributed by atoms with E-state index in [9.17, 15) is 14.9 Å². The van der Waals surface area contributed by atoms with Crippen LogP contribution in [0.3, 0.4) is 0 Å². The van der Waals surface area contributed by atoms with Crippen LogP contribution >= 0.6 is 11.8 Å². The second-order valence-electron chi connectivity index (χ2n) is 6.28. The van der Waals surface area contributed by atoms with Gasteiger partial charge < -0.3 is 10.1 Å². The SMILES string of the molecule is COc1ccc(CSCC(=O)NC2CCC(C)CC2)cc1[N+](=O)[O-]. The van der Waals surface area contributed by atoms with Gasteiger partial charge in [0, 0.05) is 17.9 Å². The van der Waals surface area contributed by atoms with E-state index in [1.807, 2.05) is 0 Å². The van der Waals surface area contributed by atoms with E-state index in [1.54, 1.807) is 12.1 Å². The molecule has 1 aromatic rings. The van der Waals surface area contributed by atoms with Gasteiger partial charge in [-0.3, -0.25) is 14.9 Å². The zero-order valence-electron chi connectivity index (χ0n) is 14.1. The number of ether oxygens (including phenoxy) is 1. The maximum absolute atomic E-state index is 12.0. The summed E-state index contributed by atoms with van der Waals surface area (Å²) in [6.07, 6.45) is 4.46. The van der Waals surface area contributed by atoms with Gasteiger partial charge in [-0.2, -0.15) is 0 Å². The van der Waals surface area contributed by atoms with Gasteiger partial charge in [0.2, 0.25) is 5.91 Å². The molecule has 1 N–H and O–H groups in total. The van der Waals surface area contributed by atoms with Crippen LogP contribution in [0, 0.1) is 16.0 Å². The Labute approximate surface area is 146 Å². The second kappa shape index (κ2) is 8.92. The van der Waals surface area contributed by atoms with Crippen LogP contribution in [-0.2, 0) is 10.5 Å². The minimum atomic E-state index is -0.455. The van der Waals surface area contributed by atoms with E-state index in [0.717, 1.165) is 24.3 Å². The highest BCUT2D eigenvalue weighted by molar-refractivity contribution is 7.99. The molecule has 0 spiro atoms. The summed E-state index contributed by atoms with van der Waals surface area (Å²) in [6, 6.07) is 5.19. The van der Waals surface area contributed by atoms with Crippen LogP contribution in [0.2, 0.25) is 0 Å². The summed E-state index contributed by atoms with van der Waals surface area (Å²) in [5.74, 6) is 1.98. The minimum Gasteiger partial charge on any atom is -0.490 e. The van der Waals surface area contributed by atoms with Crippen molar-refractivity contribution in [3.63, 3.8) is 0 Å². The molecular formula is C17H24N2O4S. The van der Waals surface area contributed by atoms with E-state index in [-0.39, 0.29) is 17.3 Å². The molecule has 132 valence electrons. The molecule has 0 bridgehead atoms. The third-order valence-corrected chi connectivity index (χ3v) is 5.33. The van der Waals surface area contributed by atoms with Gasteiger partial charge in [-0.25, -0.2) is 0 Å². The molecule has 0 aromatic heterocycles. The van der Waals surface area contributed by atoms with Crippen LogP contribution in [0.4, 0.5) is 5.69 Å². The Morgan fingerprint density at radius 3 is 2.71 bits per heavy atom. The number of benzene rings is 1. The zero-order valence-corrected chi connectivity index (χ0v) is 14.9. The van der Waals surface area contributed by atoms with Gasteiger partial charge in [0.1, 0.15) is 0 Å². The summed E-state index contributed by atoms with van der Waals surface area (Å²) in [7, 11) is 1.41. The highest BCUT2D eigenvalue weighted by atomic mass is 32.2. The number of nitro groups is 1. The van der Waals surface area contributed by atoms with Gasteiger partial charge in [0.05, 0.1) is 17.8 Å². The van der Waals surface area contributed by atoms with Crippen molar-refractivity contribution in [2.75, 3.05) is 12.9 Å². The van der Waals surface area contributed by atoms with E-state index in [0.29, 0.717) is 17.5 Å². The van der Waals surface area contributed by atoms with Crippen molar-refractivity contribution in [1.29, 1.82) is 0 Å². The molecule has 0 unspecified atom stereocenters. The smallest absolute Gasteiger partial charge is 0.311 e. The zero-order chi connectivity index (χ0) is 17.5. The highest BCUT2D eigenvalue weighted by Gasteiger charge is 2.20. The molecule has 1 amide bonds. The van der Waals surface area contributed by atoms with E-state index in [1.165, 1.54) is 37.8 Å². The van der Waals surface area contributed by atoms with Crippen molar-refractivity contribution in [3.05, 3.63) is 33.9 Å². The van der Waals surface area contributed by atoms with Crippen LogP contribution in [0.1, 0.15) is 38.2 Å². The summed E-state index contributed by atoms with van der Waals surface area (Å²) < 4.78 is 4.98. The number of methoxy groups -OCH3 is 1. The summed E-state index contributed by atoms with van der Waals surface area (Å²) in [6.45, 7) is 2.25. The number of carbonyl (C=O) groups is 1. The largest absolute Gasteiger partial charge is 0.490 e. The van der Waals surface area contributed by atoms with Crippen molar-refractivity contribution < 1.29 is 14.5 Å². The number of nitrogens with one attached hydrogen (secondary N) is 1. The number of thioether (sulfide) groups is 1. The predicted octanol–water partition coefficient (Wildman–Crippen LogP) is 3.53. The van der Waals surface area contributed by atoms with Gasteiger partial charge in [0.25, 0.3) is 0 Å². The third-order valence-electron chi connectivity index (χ3n) is 4.32.